The average Bonchev–Trinajstić information content (AvgIpc) is 2.94. The lowest BCUT2D eigenvalue weighted by Gasteiger charge is -2.29. The van der Waals surface area contributed by atoms with Gasteiger partial charge in [0.25, 0.3) is 0 Å². The summed E-state index contributed by atoms with van der Waals surface area (Å²) in [5.74, 6) is -5.20. The first-order valence-electron chi connectivity index (χ1n) is 12.6. The molecule has 1 unspecified atom stereocenters. The van der Waals surface area contributed by atoms with Gasteiger partial charge in [-0.3, -0.25) is 9.88 Å². The minimum absolute atomic E-state index is 0.0165. The Hall–Kier alpha value is -3.96. The van der Waals surface area contributed by atoms with Gasteiger partial charge in [-0.05, 0) is 24.6 Å². The highest BCUT2D eigenvalue weighted by atomic mass is 32.2. The number of aromatic nitrogens is 1. The second-order valence-corrected chi connectivity index (χ2v) is 10.7. The molecule has 4 rings (SSSR count). The largest absolute Gasteiger partial charge is 0.490 e. The van der Waals surface area contributed by atoms with Crippen molar-refractivity contribution >= 4 is 33.0 Å². The number of carboxylic acids is 2. The van der Waals surface area contributed by atoms with E-state index < -0.39 is 34.4 Å². The van der Waals surface area contributed by atoms with E-state index in [4.69, 9.17) is 28.7 Å². The van der Waals surface area contributed by atoms with Crippen molar-refractivity contribution in [2.24, 2.45) is 0 Å². The summed E-state index contributed by atoms with van der Waals surface area (Å²) < 4.78 is 98.6. The highest BCUT2D eigenvalue weighted by Crippen LogP contribution is 2.39. The molecule has 2 aromatic carbocycles. The van der Waals surface area contributed by atoms with E-state index in [9.17, 15) is 34.8 Å². The van der Waals surface area contributed by atoms with Gasteiger partial charge in [0.2, 0.25) is 0 Å². The molecule has 1 saturated heterocycles. The predicted octanol–water partition coefficient (Wildman–Crippen LogP) is 4.69. The van der Waals surface area contributed by atoms with Gasteiger partial charge in [-0.15, -0.1) is 0 Å². The fourth-order valence-electron chi connectivity index (χ4n) is 3.97. The van der Waals surface area contributed by atoms with Gasteiger partial charge in [0.1, 0.15) is 5.52 Å². The number of hydrogen-bond acceptors (Lipinski definition) is 8. The molecule has 10 nitrogen and oxygen atoms in total. The Morgan fingerprint density at radius 3 is 1.98 bits per heavy atom. The number of nitrogens with zero attached hydrogens (tertiary/aromatic N) is 2. The maximum absolute atomic E-state index is 12.1. The monoisotopic (exact) mass is 654 g/mol. The van der Waals surface area contributed by atoms with Crippen molar-refractivity contribution in [3.05, 3.63) is 71.9 Å². The highest BCUT2D eigenvalue weighted by molar-refractivity contribution is 7.86. The predicted molar refractivity (Wildman–Crippen MR) is 145 cm³/mol. The Kier molecular flexibility index (Phi) is 12.9. The number of fused-ring (bicyclic) bond motifs is 1. The summed E-state index contributed by atoms with van der Waals surface area (Å²) in [5.41, 5.74) is 2.53. The van der Waals surface area contributed by atoms with Crippen LogP contribution in [0.25, 0.3) is 10.9 Å². The van der Waals surface area contributed by atoms with Crippen molar-refractivity contribution < 1.29 is 63.5 Å². The zero-order valence-electron chi connectivity index (χ0n) is 23.0. The number of rotatable bonds is 7. The third-order valence-electron chi connectivity index (χ3n) is 5.89. The van der Waals surface area contributed by atoms with Crippen molar-refractivity contribution in [1.29, 1.82) is 0 Å². The number of morpholine rings is 1. The molecule has 3 aromatic rings. The number of aliphatic carboxylic acids is 2. The molecule has 1 aliphatic rings. The van der Waals surface area contributed by atoms with Crippen LogP contribution in [0.15, 0.2) is 60.8 Å². The van der Waals surface area contributed by atoms with Crippen molar-refractivity contribution in [2.75, 3.05) is 39.1 Å². The van der Waals surface area contributed by atoms with E-state index in [1.165, 1.54) is 0 Å². The van der Waals surface area contributed by atoms with Crippen molar-refractivity contribution in [1.82, 2.24) is 9.88 Å². The molecule has 0 amide bonds. The number of pyridine rings is 1. The Morgan fingerprint density at radius 2 is 1.48 bits per heavy atom. The summed E-state index contributed by atoms with van der Waals surface area (Å²) in [6, 6.07) is 17.9. The molecule has 0 bridgehead atoms. The Morgan fingerprint density at radius 1 is 0.932 bits per heavy atom. The SMILES string of the molecule is CS(=O)(=O)Oc1c(C(CCN2CCOCC2)c2ccccc2)ccc2cccnc12.O=C(O)C(F)(F)F.O=C(O)C(F)(F)F. The van der Waals surface area contributed by atoms with Gasteiger partial charge in [0.15, 0.2) is 5.75 Å². The standard InChI is InChI=1S/C23H26N2O4S.2C2HF3O2/c1-30(26,27)29-23-21(10-9-19-8-5-12-24-22(19)23)20(18-6-3-2-4-7-18)11-13-25-14-16-28-17-15-25;2*3-2(4,5)1(6)7/h2-10,12,20H,11,13-17H2,1H3;2*(H,6,7). The van der Waals surface area contributed by atoms with Crippen LogP contribution in [0.3, 0.4) is 0 Å². The van der Waals surface area contributed by atoms with E-state index in [0.29, 0.717) is 11.3 Å². The minimum atomic E-state index is -5.08. The van der Waals surface area contributed by atoms with Crippen LogP contribution in [-0.2, 0) is 24.4 Å². The number of carbonyl (C=O) groups is 2. The van der Waals surface area contributed by atoms with E-state index in [-0.39, 0.29) is 5.92 Å². The lowest BCUT2D eigenvalue weighted by atomic mass is 9.87. The van der Waals surface area contributed by atoms with E-state index in [1.807, 2.05) is 42.5 Å². The number of carboxylic acid groups (broad SMARTS) is 2. The van der Waals surface area contributed by atoms with Crippen molar-refractivity contribution in [2.45, 2.75) is 24.7 Å². The smallest absolute Gasteiger partial charge is 0.475 e. The van der Waals surface area contributed by atoms with Gasteiger partial charge >= 0.3 is 34.4 Å². The number of alkyl halides is 6. The normalized spacial score (nSPS) is 14.8. The summed E-state index contributed by atoms with van der Waals surface area (Å²) in [6.45, 7) is 4.21. The first-order chi connectivity index (χ1) is 20.4. The van der Waals surface area contributed by atoms with E-state index in [0.717, 1.165) is 62.0 Å². The summed E-state index contributed by atoms with van der Waals surface area (Å²) in [4.78, 5) is 24.6. The number of benzene rings is 2. The van der Waals surface area contributed by atoms with Crippen molar-refractivity contribution in [3.8, 4) is 5.75 Å². The molecule has 44 heavy (non-hydrogen) atoms. The molecule has 17 heteroatoms. The number of halogens is 6. The lowest BCUT2D eigenvalue weighted by molar-refractivity contribution is -0.193. The third-order valence-corrected chi connectivity index (χ3v) is 6.36. The van der Waals surface area contributed by atoms with Gasteiger partial charge in [-0.1, -0.05) is 48.5 Å². The molecule has 242 valence electrons. The third kappa shape index (κ3) is 12.0. The quantitative estimate of drug-likeness (QED) is 0.272. The van der Waals surface area contributed by atoms with Crippen LogP contribution in [0, 0.1) is 0 Å². The Bertz CT molecular complexity index is 1470. The van der Waals surface area contributed by atoms with Gasteiger partial charge in [-0.2, -0.15) is 34.8 Å². The topological polar surface area (TPSA) is 143 Å². The summed E-state index contributed by atoms with van der Waals surface area (Å²) in [5, 5.41) is 15.1. The van der Waals surface area contributed by atoms with E-state index in [1.54, 1.807) is 6.20 Å². The average molecular weight is 655 g/mol. The molecule has 1 aromatic heterocycles. The molecule has 1 aliphatic heterocycles. The van der Waals surface area contributed by atoms with Crippen LogP contribution < -0.4 is 4.18 Å². The second-order valence-electron chi connectivity index (χ2n) is 9.16. The molecule has 0 spiro atoms. The van der Waals surface area contributed by atoms with Gasteiger partial charge in [0, 0.05) is 36.2 Å². The van der Waals surface area contributed by atoms with E-state index >= 15 is 0 Å². The molecule has 2 N–H and O–H groups in total. The summed E-state index contributed by atoms with van der Waals surface area (Å²) >= 11 is 0. The first kappa shape index (κ1) is 36.2. The van der Waals surface area contributed by atoms with E-state index in [2.05, 4.69) is 22.0 Å². The molecule has 0 radical (unpaired) electrons. The second kappa shape index (κ2) is 15.7. The zero-order chi connectivity index (χ0) is 33.1. The maximum Gasteiger partial charge on any atom is 0.490 e. The van der Waals surface area contributed by atoms with Crippen LogP contribution in [0.5, 0.6) is 5.75 Å². The van der Waals surface area contributed by atoms with Gasteiger partial charge in [-0.25, -0.2) is 9.59 Å². The van der Waals surface area contributed by atoms with Crippen molar-refractivity contribution in [3.63, 3.8) is 0 Å². The molecular weight excluding hydrogens is 626 g/mol. The van der Waals surface area contributed by atoms with Crippen LogP contribution >= 0.6 is 0 Å². The zero-order valence-corrected chi connectivity index (χ0v) is 23.8. The lowest BCUT2D eigenvalue weighted by Crippen LogP contribution is -2.37. The molecule has 1 fully saturated rings. The highest BCUT2D eigenvalue weighted by Gasteiger charge is 2.38. The first-order valence-corrected chi connectivity index (χ1v) is 14.4. The molecular formula is C27H28F6N2O8S. The van der Waals surface area contributed by atoms with Gasteiger partial charge in [0.05, 0.1) is 19.5 Å². The molecule has 2 heterocycles. The Labute approximate surface area is 248 Å². The van der Waals surface area contributed by atoms with Crippen LogP contribution in [-0.4, -0.2) is 91.9 Å². The minimum Gasteiger partial charge on any atom is -0.475 e. The number of ether oxygens (including phenoxy) is 1. The molecule has 0 aliphatic carbocycles. The molecule has 1 atom stereocenters. The van der Waals surface area contributed by atoms with Crippen LogP contribution in [0.2, 0.25) is 0 Å². The van der Waals surface area contributed by atoms with Crippen LogP contribution in [0.1, 0.15) is 23.5 Å². The molecule has 0 saturated carbocycles. The van der Waals surface area contributed by atoms with Gasteiger partial charge < -0.3 is 19.1 Å². The maximum atomic E-state index is 12.1. The summed E-state index contributed by atoms with van der Waals surface area (Å²) in [7, 11) is -3.71. The Balaban J connectivity index is 0.000000402. The summed E-state index contributed by atoms with van der Waals surface area (Å²) in [6.07, 6.45) is -6.60. The number of hydrogen-bond donors (Lipinski definition) is 2. The fraction of sp³-hybridized carbons (Fsp3) is 0.370. The fourth-order valence-corrected chi connectivity index (χ4v) is 4.45. The van der Waals surface area contributed by atoms with Crippen LogP contribution in [0.4, 0.5) is 26.3 Å².